The van der Waals surface area contributed by atoms with Crippen LogP contribution in [-0.4, -0.2) is 47.8 Å². The molecule has 1 saturated heterocycles. The molecule has 1 atom stereocenters. The van der Waals surface area contributed by atoms with E-state index in [1.54, 1.807) is 4.90 Å². The zero-order valence-electron chi connectivity index (χ0n) is 11.6. The Morgan fingerprint density at radius 3 is 2.95 bits per heavy atom. The van der Waals surface area contributed by atoms with Crippen molar-refractivity contribution in [2.24, 2.45) is 0 Å². The number of nitrogens with zero attached hydrogens (tertiary/aromatic N) is 1. The number of urea groups is 1. The van der Waals surface area contributed by atoms with Crippen molar-refractivity contribution in [2.75, 3.05) is 25.0 Å². The van der Waals surface area contributed by atoms with Crippen molar-refractivity contribution in [2.45, 2.75) is 19.4 Å². The number of morpholine rings is 1. The predicted octanol–water partition coefficient (Wildman–Crippen LogP) is 2.68. The minimum absolute atomic E-state index is 0.0327. The summed E-state index contributed by atoms with van der Waals surface area (Å²) < 4.78 is 5.51. The Morgan fingerprint density at radius 1 is 1.52 bits per heavy atom. The van der Waals surface area contributed by atoms with Gasteiger partial charge in [-0.2, -0.15) is 0 Å². The lowest BCUT2D eigenvalue weighted by Gasteiger charge is -2.32. The molecule has 0 saturated carbocycles. The minimum Gasteiger partial charge on any atom is -0.478 e. The number of benzene rings is 1. The number of ether oxygens (including phenoxy) is 1. The molecule has 2 N–H and O–H groups in total. The molecule has 1 aliphatic heterocycles. The third-order valence-electron chi connectivity index (χ3n) is 3.34. The van der Waals surface area contributed by atoms with E-state index in [0.29, 0.717) is 30.4 Å². The number of hydrogen-bond acceptors (Lipinski definition) is 3. The van der Waals surface area contributed by atoms with Crippen LogP contribution in [0.3, 0.4) is 0 Å². The van der Waals surface area contributed by atoms with E-state index >= 15 is 0 Å². The number of aromatic carboxylic acids is 1. The van der Waals surface area contributed by atoms with Crippen molar-refractivity contribution in [1.82, 2.24) is 4.90 Å². The third-order valence-corrected chi connectivity index (χ3v) is 3.67. The van der Waals surface area contributed by atoms with Crippen LogP contribution >= 0.6 is 11.6 Å². The highest BCUT2D eigenvalue weighted by molar-refractivity contribution is 6.33. The van der Waals surface area contributed by atoms with Crippen LogP contribution in [0.4, 0.5) is 10.5 Å². The van der Waals surface area contributed by atoms with Gasteiger partial charge in [-0.15, -0.1) is 0 Å². The van der Waals surface area contributed by atoms with Gasteiger partial charge < -0.3 is 20.1 Å². The van der Waals surface area contributed by atoms with Crippen molar-refractivity contribution in [3.05, 3.63) is 28.8 Å². The Morgan fingerprint density at radius 2 is 2.29 bits per heavy atom. The van der Waals surface area contributed by atoms with Crippen LogP contribution in [-0.2, 0) is 4.74 Å². The number of rotatable bonds is 3. The molecule has 1 aromatic carbocycles. The highest BCUT2D eigenvalue weighted by Gasteiger charge is 2.23. The predicted molar refractivity (Wildman–Crippen MR) is 79.0 cm³/mol. The molecule has 1 aliphatic rings. The molecule has 1 fully saturated rings. The SMILES string of the molecule is CCC1CN(C(=O)Nc2cc(C(=O)O)ccc2Cl)CCO1. The number of carboxylic acids is 1. The van der Waals surface area contributed by atoms with Gasteiger partial charge in [-0.3, -0.25) is 0 Å². The van der Waals surface area contributed by atoms with Crippen molar-refractivity contribution in [3.8, 4) is 0 Å². The molecule has 2 rings (SSSR count). The van der Waals surface area contributed by atoms with E-state index in [0.717, 1.165) is 6.42 Å². The zero-order chi connectivity index (χ0) is 15.4. The number of nitrogens with one attached hydrogen (secondary N) is 1. The fourth-order valence-corrected chi connectivity index (χ4v) is 2.26. The average Bonchev–Trinajstić information content (AvgIpc) is 2.49. The van der Waals surface area contributed by atoms with Crippen LogP contribution < -0.4 is 5.32 Å². The summed E-state index contributed by atoms with van der Waals surface area (Å²) in [5.41, 5.74) is 0.365. The van der Waals surface area contributed by atoms with E-state index in [2.05, 4.69) is 5.32 Å². The standard InChI is InChI=1S/C14H17ClN2O4/c1-2-10-8-17(5-6-21-10)14(20)16-12-7-9(13(18)19)3-4-11(12)15/h3-4,7,10H,2,5-6,8H2,1H3,(H,16,20)(H,18,19). The van der Waals surface area contributed by atoms with E-state index in [9.17, 15) is 9.59 Å². The quantitative estimate of drug-likeness (QED) is 0.899. The van der Waals surface area contributed by atoms with Crippen molar-refractivity contribution in [1.29, 1.82) is 0 Å². The first-order valence-electron chi connectivity index (χ1n) is 6.71. The summed E-state index contributed by atoms with van der Waals surface area (Å²) in [6.07, 6.45) is 0.865. The van der Waals surface area contributed by atoms with Crippen molar-refractivity contribution in [3.63, 3.8) is 0 Å². The monoisotopic (exact) mass is 312 g/mol. The Bertz CT molecular complexity index is 550. The molecule has 6 nitrogen and oxygen atoms in total. The number of amides is 2. The molecule has 1 unspecified atom stereocenters. The van der Waals surface area contributed by atoms with Gasteiger partial charge in [0, 0.05) is 13.1 Å². The van der Waals surface area contributed by atoms with Crippen LogP contribution in [0.2, 0.25) is 5.02 Å². The summed E-state index contributed by atoms with van der Waals surface area (Å²) in [7, 11) is 0. The van der Waals surface area contributed by atoms with E-state index in [1.165, 1.54) is 18.2 Å². The summed E-state index contributed by atoms with van der Waals surface area (Å²) in [4.78, 5) is 24.8. The topological polar surface area (TPSA) is 78.9 Å². The molecule has 1 heterocycles. The zero-order valence-corrected chi connectivity index (χ0v) is 12.4. The van der Waals surface area contributed by atoms with Gasteiger partial charge in [0.15, 0.2) is 0 Å². The lowest BCUT2D eigenvalue weighted by Crippen LogP contribution is -2.47. The molecule has 114 valence electrons. The highest BCUT2D eigenvalue weighted by atomic mass is 35.5. The average molecular weight is 313 g/mol. The van der Waals surface area contributed by atoms with E-state index in [1.807, 2.05) is 6.92 Å². The van der Waals surface area contributed by atoms with E-state index in [-0.39, 0.29) is 17.7 Å². The van der Waals surface area contributed by atoms with Gasteiger partial charge in [0.1, 0.15) is 0 Å². The molecule has 0 aromatic heterocycles. The lowest BCUT2D eigenvalue weighted by molar-refractivity contribution is -0.0134. The third kappa shape index (κ3) is 3.86. The summed E-state index contributed by atoms with van der Waals surface area (Å²) in [5.74, 6) is -1.07. The summed E-state index contributed by atoms with van der Waals surface area (Å²) in [6, 6.07) is 3.89. The van der Waals surface area contributed by atoms with Crippen molar-refractivity contribution >= 4 is 29.3 Å². The largest absolute Gasteiger partial charge is 0.478 e. The van der Waals surface area contributed by atoms with Gasteiger partial charge in [-0.1, -0.05) is 18.5 Å². The number of anilines is 1. The van der Waals surface area contributed by atoms with Crippen LogP contribution in [0, 0.1) is 0 Å². The second-order valence-electron chi connectivity index (χ2n) is 4.78. The lowest BCUT2D eigenvalue weighted by atomic mass is 10.2. The smallest absolute Gasteiger partial charge is 0.335 e. The molecule has 21 heavy (non-hydrogen) atoms. The Kier molecular flexibility index (Phi) is 5.03. The second kappa shape index (κ2) is 6.78. The second-order valence-corrected chi connectivity index (χ2v) is 5.18. The van der Waals surface area contributed by atoms with Crippen LogP contribution in [0.5, 0.6) is 0 Å². The summed E-state index contributed by atoms with van der Waals surface area (Å²) in [5, 5.41) is 11.9. The fraction of sp³-hybridized carbons (Fsp3) is 0.429. The molecular formula is C14H17ClN2O4. The number of carbonyl (C=O) groups excluding carboxylic acids is 1. The van der Waals surface area contributed by atoms with Gasteiger partial charge in [0.05, 0.1) is 29.0 Å². The van der Waals surface area contributed by atoms with E-state index in [4.69, 9.17) is 21.4 Å². The molecule has 0 bridgehead atoms. The normalized spacial score (nSPS) is 18.4. The maximum Gasteiger partial charge on any atom is 0.335 e. The minimum atomic E-state index is -1.07. The first-order valence-corrected chi connectivity index (χ1v) is 7.09. The van der Waals surface area contributed by atoms with E-state index < -0.39 is 5.97 Å². The number of hydrogen-bond donors (Lipinski definition) is 2. The molecule has 0 aliphatic carbocycles. The summed E-state index contributed by atoms with van der Waals surface area (Å²) in [6.45, 7) is 3.51. The van der Waals surface area contributed by atoms with Crippen LogP contribution in [0.15, 0.2) is 18.2 Å². The molecule has 1 aromatic rings. The summed E-state index contributed by atoms with van der Waals surface area (Å²) >= 11 is 5.99. The first-order chi connectivity index (χ1) is 10.0. The molecule has 0 spiro atoms. The number of carboxylic acid groups (broad SMARTS) is 1. The first kappa shape index (κ1) is 15.6. The Hall–Kier alpha value is -1.79. The fourth-order valence-electron chi connectivity index (χ4n) is 2.10. The van der Waals surface area contributed by atoms with Gasteiger partial charge in [-0.25, -0.2) is 9.59 Å². The number of carbonyl (C=O) groups is 2. The molecule has 2 amide bonds. The van der Waals surface area contributed by atoms with Crippen LogP contribution in [0.25, 0.3) is 0 Å². The number of halogens is 1. The van der Waals surface area contributed by atoms with Crippen LogP contribution in [0.1, 0.15) is 23.7 Å². The van der Waals surface area contributed by atoms with Crippen molar-refractivity contribution < 1.29 is 19.4 Å². The maximum absolute atomic E-state index is 12.2. The van der Waals surface area contributed by atoms with Gasteiger partial charge in [-0.05, 0) is 24.6 Å². The molecule has 0 radical (unpaired) electrons. The highest BCUT2D eigenvalue weighted by Crippen LogP contribution is 2.24. The molecular weight excluding hydrogens is 296 g/mol. The molecule has 7 heteroatoms. The maximum atomic E-state index is 12.2. The van der Waals surface area contributed by atoms with Gasteiger partial charge in [0.2, 0.25) is 0 Å². The van der Waals surface area contributed by atoms with Gasteiger partial charge in [0.25, 0.3) is 0 Å². The van der Waals surface area contributed by atoms with Gasteiger partial charge >= 0.3 is 12.0 Å². The Labute approximate surface area is 127 Å². The Balaban J connectivity index is 2.08.